The van der Waals surface area contributed by atoms with Gasteiger partial charge in [-0.05, 0) is 32.4 Å². The Hall–Kier alpha value is -3.35. The number of benzene rings is 2. The fourth-order valence-corrected chi connectivity index (χ4v) is 4.08. The number of aliphatic hydroxyl groups is 4. The van der Waals surface area contributed by atoms with Crippen molar-refractivity contribution in [1.29, 1.82) is 0 Å². The van der Waals surface area contributed by atoms with E-state index in [1.165, 1.54) is 13.2 Å². The molecule has 0 amide bonds. The van der Waals surface area contributed by atoms with Crippen molar-refractivity contribution in [2.24, 2.45) is 0 Å². The predicted molar refractivity (Wildman–Crippen MR) is 127 cm³/mol. The van der Waals surface area contributed by atoms with Crippen LogP contribution < -0.4 is 14.9 Å². The molecular formula is C25H28O11. The summed E-state index contributed by atoms with van der Waals surface area (Å²) in [4.78, 5) is 13.5. The molecule has 36 heavy (non-hydrogen) atoms. The van der Waals surface area contributed by atoms with Crippen molar-refractivity contribution in [1.82, 2.24) is 0 Å². The van der Waals surface area contributed by atoms with E-state index >= 15 is 0 Å². The number of phenolic OH excluding ortho intramolecular Hbond substituents is 2. The molecule has 1 aromatic heterocycles. The van der Waals surface area contributed by atoms with Gasteiger partial charge in [0.15, 0.2) is 22.7 Å². The highest BCUT2D eigenvalue weighted by molar-refractivity contribution is 5.98. The second kappa shape index (κ2) is 9.96. The van der Waals surface area contributed by atoms with Gasteiger partial charge in [-0.3, -0.25) is 4.79 Å². The van der Waals surface area contributed by atoms with E-state index in [2.05, 4.69) is 0 Å². The van der Waals surface area contributed by atoms with Crippen molar-refractivity contribution in [2.45, 2.75) is 51.0 Å². The molecule has 1 fully saturated rings. The van der Waals surface area contributed by atoms with E-state index in [4.69, 9.17) is 18.6 Å². The maximum Gasteiger partial charge on any atom is 0.229 e. The molecule has 11 heteroatoms. The first-order valence-electron chi connectivity index (χ1n) is 11.2. The van der Waals surface area contributed by atoms with Gasteiger partial charge in [0.05, 0.1) is 19.1 Å². The van der Waals surface area contributed by atoms with Crippen LogP contribution >= 0.6 is 0 Å². The van der Waals surface area contributed by atoms with Crippen LogP contribution in [0.2, 0.25) is 0 Å². The van der Waals surface area contributed by atoms with Gasteiger partial charge < -0.3 is 49.3 Å². The van der Waals surface area contributed by atoms with Crippen LogP contribution in [0.15, 0.2) is 39.1 Å². The molecule has 0 spiro atoms. The number of aromatic hydroxyl groups is 2. The van der Waals surface area contributed by atoms with E-state index in [1.54, 1.807) is 6.07 Å². The van der Waals surface area contributed by atoms with Crippen LogP contribution in [-0.4, -0.2) is 75.1 Å². The number of fused-ring (bicyclic) bond motifs is 2. The van der Waals surface area contributed by atoms with Crippen molar-refractivity contribution in [3.8, 4) is 23.0 Å². The Balaban J connectivity index is 1.84. The zero-order valence-corrected chi connectivity index (χ0v) is 19.8. The zero-order chi connectivity index (χ0) is 26.3. The molecular weight excluding hydrogens is 476 g/mol. The molecule has 3 aromatic rings. The van der Waals surface area contributed by atoms with E-state index in [9.17, 15) is 35.4 Å². The highest BCUT2D eigenvalue weighted by Gasteiger charge is 2.44. The Labute approximate surface area is 205 Å². The molecule has 0 unspecified atom stereocenters. The molecule has 1 saturated heterocycles. The van der Waals surface area contributed by atoms with Gasteiger partial charge in [0, 0.05) is 11.6 Å². The highest BCUT2D eigenvalue weighted by atomic mass is 16.7. The van der Waals surface area contributed by atoms with E-state index in [-0.39, 0.29) is 39.2 Å². The summed E-state index contributed by atoms with van der Waals surface area (Å²) in [5, 5.41) is 60.7. The molecule has 0 saturated carbocycles. The van der Waals surface area contributed by atoms with Crippen LogP contribution in [0.5, 0.6) is 23.0 Å². The lowest BCUT2D eigenvalue weighted by molar-refractivity contribution is -0.277. The molecule has 1 aliphatic rings. The quantitative estimate of drug-likeness (QED) is 0.209. The van der Waals surface area contributed by atoms with Crippen molar-refractivity contribution in [3.63, 3.8) is 0 Å². The third-order valence-electron chi connectivity index (χ3n) is 6.07. The summed E-state index contributed by atoms with van der Waals surface area (Å²) in [6, 6.07) is 3.88. The lowest BCUT2D eigenvalue weighted by Gasteiger charge is -2.39. The first kappa shape index (κ1) is 25.7. The van der Waals surface area contributed by atoms with Gasteiger partial charge in [-0.15, -0.1) is 0 Å². The number of rotatable bonds is 6. The second-order valence-corrected chi connectivity index (χ2v) is 8.84. The Morgan fingerprint density at radius 2 is 1.78 bits per heavy atom. The molecule has 6 N–H and O–H groups in total. The standard InChI is InChI=1S/C25H28O11/c1-10(2)4-5-11-6-15(33-3)24-17(18(11)28)19(29)13-7-12(8-14(27)23(13)36-24)34-25-22(32)21(31)20(30)16(9-26)35-25/h4,6-8,16,20-22,25-28,30-32H,5,9H2,1-3H3/t16-,20-,21+,22-,25+/m1/s1. The Morgan fingerprint density at radius 3 is 2.42 bits per heavy atom. The predicted octanol–water partition coefficient (Wildman–Crippen LogP) is 1.05. The highest BCUT2D eigenvalue weighted by Crippen LogP contribution is 2.39. The molecule has 2 aromatic carbocycles. The van der Waals surface area contributed by atoms with Crippen LogP contribution in [0, 0.1) is 0 Å². The SMILES string of the molecule is COc1cc(CC=C(C)C)c(O)c2c(=O)c3cc(O[C@H]4O[C@H](CO)[C@@H](O)[C@H](O)[C@H]4O)cc(O)c3oc12. The molecule has 0 aliphatic carbocycles. The largest absolute Gasteiger partial charge is 0.507 e. The number of hydrogen-bond donors (Lipinski definition) is 6. The van der Waals surface area contributed by atoms with Crippen molar-refractivity contribution in [2.75, 3.05) is 13.7 Å². The normalized spacial score (nSPS) is 24.1. The monoisotopic (exact) mass is 504 g/mol. The van der Waals surface area contributed by atoms with Crippen LogP contribution in [0.4, 0.5) is 0 Å². The topological polar surface area (TPSA) is 179 Å². The number of aliphatic hydroxyl groups excluding tert-OH is 4. The fourth-order valence-electron chi connectivity index (χ4n) is 4.08. The van der Waals surface area contributed by atoms with E-state index < -0.39 is 48.5 Å². The fraction of sp³-hybridized carbons (Fsp3) is 0.400. The zero-order valence-electron chi connectivity index (χ0n) is 19.8. The third kappa shape index (κ3) is 4.47. The average molecular weight is 504 g/mol. The summed E-state index contributed by atoms with van der Waals surface area (Å²) < 4.78 is 22.0. The Bertz CT molecular complexity index is 1370. The average Bonchev–Trinajstić information content (AvgIpc) is 2.84. The van der Waals surface area contributed by atoms with Gasteiger partial charge in [0.25, 0.3) is 0 Å². The molecule has 1 aliphatic heterocycles. The van der Waals surface area contributed by atoms with E-state index in [0.29, 0.717) is 12.0 Å². The Morgan fingerprint density at radius 1 is 1.06 bits per heavy atom. The second-order valence-electron chi connectivity index (χ2n) is 8.84. The summed E-state index contributed by atoms with van der Waals surface area (Å²) in [6.45, 7) is 3.15. The van der Waals surface area contributed by atoms with Crippen molar-refractivity contribution < 1.29 is 49.3 Å². The first-order valence-corrected chi connectivity index (χ1v) is 11.2. The number of methoxy groups -OCH3 is 1. The van der Waals surface area contributed by atoms with E-state index in [1.807, 2.05) is 19.9 Å². The summed E-state index contributed by atoms with van der Waals surface area (Å²) in [7, 11) is 1.39. The van der Waals surface area contributed by atoms with E-state index in [0.717, 1.165) is 11.6 Å². The van der Waals surface area contributed by atoms with Crippen molar-refractivity contribution >= 4 is 21.9 Å². The van der Waals surface area contributed by atoms with Crippen molar-refractivity contribution in [3.05, 3.63) is 45.6 Å². The smallest absolute Gasteiger partial charge is 0.229 e. The van der Waals surface area contributed by atoms with Crippen LogP contribution in [0.25, 0.3) is 21.9 Å². The lowest BCUT2D eigenvalue weighted by Crippen LogP contribution is -2.60. The minimum absolute atomic E-state index is 0.0497. The number of ether oxygens (including phenoxy) is 3. The van der Waals surface area contributed by atoms with Gasteiger partial charge in [-0.1, -0.05) is 11.6 Å². The summed E-state index contributed by atoms with van der Waals surface area (Å²) in [6.07, 6.45) is -5.47. The summed E-state index contributed by atoms with van der Waals surface area (Å²) >= 11 is 0. The van der Waals surface area contributed by atoms with Crippen LogP contribution in [-0.2, 0) is 11.2 Å². The molecule has 11 nitrogen and oxygen atoms in total. The molecule has 4 rings (SSSR count). The third-order valence-corrected chi connectivity index (χ3v) is 6.07. The van der Waals surface area contributed by atoms with Crippen LogP contribution in [0.3, 0.4) is 0 Å². The number of phenols is 2. The van der Waals surface area contributed by atoms with Crippen LogP contribution in [0.1, 0.15) is 19.4 Å². The number of hydrogen-bond acceptors (Lipinski definition) is 11. The minimum Gasteiger partial charge on any atom is -0.507 e. The van der Waals surface area contributed by atoms with Gasteiger partial charge in [0.1, 0.15) is 41.3 Å². The van der Waals surface area contributed by atoms with Gasteiger partial charge in [-0.2, -0.15) is 0 Å². The molecule has 5 atom stereocenters. The number of allylic oxidation sites excluding steroid dienone is 2. The summed E-state index contributed by atoms with van der Waals surface area (Å²) in [5.41, 5.74) is 0.537. The molecule has 0 radical (unpaired) electrons. The maximum atomic E-state index is 13.5. The first-order chi connectivity index (χ1) is 17.1. The maximum absolute atomic E-state index is 13.5. The van der Waals surface area contributed by atoms with Gasteiger partial charge in [0.2, 0.25) is 11.7 Å². The Kier molecular flexibility index (Phi) is 7.12. The van der Waals surface area contributed by atoms with Gasteiger partial charge in [-0.25, -0.2) is 0 Å². The molecule has 2 heterocycles. The van der Waals surface area contributed by atoms with Gasteiger partial charge >= 0.3 is 0 Å². The lowest BCUT2D eigenvalue weighted by atomic mass is 9.99. The molecule has 0 bridgehead atoms. The molecule has 194 valence electrons. The summed E-state index contributed by atoms with van der Waals surface area (Å²) in [5.74, 6) is -0.719. The minimum atomic E-state index is -1.69.